The summed E-state index contributed by atoms with van der Waals surface area (Å²) in [5.74, 6) is -4.95. The van der Waals surface area contributed by atoms with Crippen molar-refractivity contribution in [3.8, 4) is 0 Å². The Morgan fingerprint density at radius 1 is 0.559 bits per heavy atom. The second kappa shape index (κ2) is 10.8. The standard InChI is InChI=1S/C18H32O16/c19-1-6-9(24)12(27)13(28)16(30-6)34-18(5-23)15(11(26)8(3-21)32-18)33-17(4-22)14(29)10(25)7(2-20)31-17/h6-16,19-29H,1-5H2/t6-,7-,8-,9-,10-,11-,12+,13-,14+,15+,16+,17+,18+/m1/s1. The van der Waals surface area contributed by atoms with Crippen LogP contribution in [0.2, 0.25) is 0 Å². The van der Waals surface area contributed by atoms with Crippen LogP contribution >= 0.6 is 0 Å². The molecule has 11 N–H and O–H groups in total. The predicted octanol–water partition coefficient (Wildman–Crippen LogP) is -7.57. The van der Waals surface area contributed by atoms with Crippen molar-refractivity contribution in [2.24, 2.45) is 0 Å². The molecule has 0 unspecified atom stereocenters. The molecule has 0 aliphatic carbocycles. The molecule has 13 atom stereocenters. The number of aliphatic hydroxyl groups excluding tert-OH is 11. The Balaban J connectivity index is 1.93. The number of hydrogen-bond acceptors (Lipinski definition) is 16. The summed E-state index contributed by atoms with van der Waals surface area (Å²) in [6.07, 6.45) is -19.1. The second-order valence-electron chi connectivity index (χ2n) is 8.40. The average molecular weight is 504 g/mol. The van der Waals surface area contributed by atoms with Crippen molar-refractivity contribution < 1.29 is 79.9 Å². The highest BCUT2D eigenvalue weighted by Gasteiger charge is 2.64. The number of ether oxygens (including phenoxy) is 5. The van der Waals surface area contributed by atoms with Crippen LogP contribution in [-0.4, -0.2) is 168 Å². The summed E-state index contributed by atoms with van der Waals surface area (Å²) in [6.45, 7) is -4.68. The molecule has 34 heavy (non-hydrogen) atoms. The van der Waals surface area contributed by atoms with Crippen LogP contribution in [0.4, 0.5) is 0 Å². The lowest BCUT2D eigenvalue weighted by atomic mass is 9.98. The molecule has 3 heterocycles. The van der Waals surface area contributed by atoms with E-state index in [1.165, 1.54) is 0 Å². The van der Waals surface area contributed by atoms with E-state index in [0.29, 0.717) is 0 Å². The zero-order valence-electron chi connectivity index (χ0n) is 17.8. The molecule has 0 amide bonds. The lowest BCUT2D eigenvalue weighted by Gasteiger charge is -2.45. The first-order valence-corrected chi connectivity index (χ1v) is 10.5. The van der Waals surface area contributed by atoms with E-state index in [-0.39, 0.29) is 0 Å². The second-order valence-corrected chi connectivity index (χ2v) is 8.40. The van der Waals surface area contributed by atoms with E-state index < -0.39 is 112 Å². The molecule has 16 heteroatoms. The summed E-state index contributed by atoms with van der Waals surface area (Å²) < 4.78 is 27.1. The van der Waals surface area contributed by atoms with Gasteiger partial charge in [0.25, 0.3) is 0 Å². The van der Waals surface area contributed by atoms with Crippen molar-refractivity contribution in [2.45, 2.75) is 78.9 Å². The molecule has 0 saturated carbocycles. The Bertz CT molecular complexity index is 668. The molecule has 0 spiro atoms. The van der Waals surface area contributed by atoms with E-state index in [1.807, 2.05) is 0 Å². The van der Waals surface area contributed by atoms with Crippen LogP contribution in [0.3, 0.4) is 0 Å². The predicted molar refractivity (Wildman–Crippen MR) is 101 cm³/mol. The molecular weight excluding hydrogens is 472 g/mol. The minimum absolute atomic E-state index is 0.779. The van der Waals surface area contributed by atoms with Gasteiger partial charge in [0.2, 0.25) is 11.6 Å². The summed E-state index contributed by atoms with van der Waals surface area (Å²) in [6, 6.07) is 0. The van der Waals surface area contributed by atoms with E-state index in [4.69, 9.17) is 23.7 Å². The fraction of sp³-hybridized carbons (Fsp3) is 1.00. The normalized spacial score (nSPS) is 51.8. The van der Waals surface area contributed by atoms with Gasteiger partial charge in [0, 0.05) is 0 Å². The maximum atomic E-state index is 10.7. The maximum absolute atomic E-state index is 10.7. The molecular formula is C18H32O16. The van der Waals surface area contributed by atoms with Crippen LogP contribution in [0.1, 0.15) is 0 Å². The smallest absolute Gasteiger partial charge is 0.224 e. The first-order chi connectivity index (χ1) is 16.0. The van der Waals surface area contributed by atoms with Crippen LogP contribution in [-0.2, 0) is 23.7 Å². The molecule has 0 radical (unpaired) electrons. The van der Waals surface area contributed by atoms with Crippen molar-refractivity contribution >= 4 is 0 Å². The third-order valence-electron chi connectivity index (χ3n) is 6.27. The Labute approximate surface area is 192 Å². The van der Waals surface area contributed by atoms with Crippen molar-refractivity contribution in [1.82, 2.24) is 0 Å². The first-order valence-electron chi connectivity index (χ1n) is 10.5. The highest BCUT2D eigenvalue weighted by molar-refractivity contribution is 5.04. The van der Waals surface area contributed by atoms with Crippen molar-refractivity contribution in [1.29, 1.82) is 0 Å². The van der Waals surface area contributed by atoms with Crippen LogP contribution < -0.4 is 0 Å². The minimum Gasteiger partial charge on any atom is -0.394 e. The molecule has 0 aromatic rings. The molecule has 0 aromatic heterocycles. The van der Waals surface area contributed by atoms with E-state index >= 15 is 0 Å². The summed E-state index contributed by atoms with van der Waals surface area (Å²) >= 11 is 0. The zero-order valence-corrected chi connectivity index (χ0v) is 17.8. The zero-order chi connectivity index (χ0) is 25.4. The van der Waals surface area contributed by atoms with E-state index in [2.05, 4.69) is 0 Å². The number of hydrogen-bond donors (Lipinski definition) is 11. The lowest BCUT2D eigenvalue weighted by Crippen LogP contribution is -2.64. The van der Waals surface area contributed by atoms with Crippen molar-refractivity contribution in [3.63, 3.8) is 0 Å². The van der Waals surface area contributed by atoms with Gasteiger partial charge >= 0.3 is 0 Å². The van der Waals surface area contributed by atoms with Crippen LogP contribution in [0.25, 0.3) is 0 Å². The molecule has 3 aliphatic heterocycles. The molecule has 16 nitrogen and oxygen atoms in total. The van der Waals surface area contributed by atoms with Gasteiger partial charge in [-0.3, -0.25) is 0 Å². The quantitative estimate of drug-likeness (QED) is 0.139. The molecule has 3 rings (SSSR count). The SMILES string of the molecule is OC[C@H]1O[C@@](CO)(O[C@H]2[C@H](O)[C@@H](CO)O[C@@]2(CO)O[C@@H]2O[C@H](CO)[C@@H](O)[C@H](O)[C@H]2O)[C@@H](O)[C@@H]1O. The minimum atomic E-state index is -2.49. The van der Waals surface area contributed by atoms with Crippen molar-refractivity contribution in [2.75, 3.05) is 33.0 Å². The molecule has 0 aromatic carbocycles. The van der Waals surface area contributed by atoms with Gasteiger partial charge in [-0.15, -0.1) is 0 Å². The first kappa shape index (κ1) is 27.9. The number of aliphatic hydroxyl groups is 11. The van der Waals surface area contributed by atoms with Gasteiger partial charge in [-0.1, -0.05) is 0 Å². The largest absolute Gasteiger partial charge is 0.394 e. The number of rotatable bonds is 9. The monoisotopic (exact) mass is 504 g/mol. The van der Waals surface area contributed by atoms with Crippen molar-refractivity contribution in [3.05, 3.63) is 0 Å². The maximum Gasteiger partial charge on any atom is 0.224 e. The van der Waals surface area contributed by atoms with Gasteiger partial charge in [0.1, 0.15) is 74.3 Å². The molecule has 200 valence electrons. The van der Waals surface area contributed by atoms with Crippen LogP contribution in [0, 0.1) is 0 Å². The fourth-order valence-corrected chi connectivity index (χ4v) is 4.26. The Hall–Kier alpha value is -0.640. The molecule has 3 saturated heterocycles. The topological polar surface area (TPSA) is 269 Å². The Kier molecular flexibility index (Phi) is 8.85. The molecule has 3 aliphatic rings. The van der Waals surface area contributed by atoms with Crippen LogP contribution in [0.5, 0.6) is 0 Å². The van der Waals surface area contributed by atoms with E-state index in [1.54, 1.807) is 0 Å². The molecule has 3 fully saturated rings. The summed E-state index contributed by atoms with van der Waals surface area (Å²) in [4.78, 5) is 0. The molecule has 0 bridgehead atoms. The highest BCUT2D eigenvalue weighted by Crippen LogP contribution is 2.42. The third kappa shape index (κ3) is 4.59. The summed E-state index contributed by atoms with van der Waals surface area (Å²) in [7, 11) is 0. The van der Waals surface area contributed by atoms with Gasteiger partial charge in [-0.05, 0) is 0 Å². The average Bonchev–Trinajstić information content (AvgIpc) is 3.25. The Morgan fingerprint density at radius 3 is 1.59 bits per heavy atom. The lowest BCUT2D eigenvalue weighted by molar-refractivity contribution is -0.403. The van der Waals surface area contributed by atoms with E-state index in [9.17, 15) is 56.2 Å². The Morgan fingerprint density at radius 2 is 1.09 bits per heavy atom. The van der Waals surface area contributed by atoms with Gasteiger partial charge in [-0.25, -0.2) is 0 Å². The summed E-state index contributed by atoms with van der Waals surface area (Å²) in [5, 5.41) is 110. The van der Waals surface area contributed by atoms with Gasteiger partial charge in [-0.2, -0.15) is 0 Å². The fourth-order valence-electron chi connectivity index (χ4n) is 4.26. The third-order valence-corrected chi connectivity index (χ3v) is 6.27. The van der Waals surface area contributed by atoms with Gasteiger partial charge in [0.15, 0.2) is 6.29 Å². The van der Waals surface area contributed by atoms with E-state index in [0.717, 1.165) is 0 Å². The summed E-state index contributed by atoms with van der Waals surface area (Å²) in [5.41, 5.74) is 0. The van der Waals surface area contributed by atoms with Gasteiger partial charge in [0.05, 0.1) is 19.8 Å². The van der Waals surface area contributed by atoms with Crippen LogP contribution in [0.15, 0.2) is 0 Å². The highest BCUT2D eigenvalue weighted by atomic mass is 16.8. The van der Waals surface area contributed by atoms with Gasteiger partial charge < -0.3 is 79.9 Å².